The number of carbonyl (C=O) groups excluding carboxylic acids is 1. The molecule has 1 heterocycles. The maximum Gasteiger partial charge on any atom is 0.317 e. The Morgan fingerprint density at radius 2 is 2.21 bits per heavy atom. The molecule has 1 aromatic heterocycles. The Morgan fingerprint density at radius 1 is 1.57 bits per heavy atom. The number of esters is 1. The first-order valence-corrected chi connectivity index (χ1v) is 4.98. The quantitative estimate of drug-likeness (QED) is 0.764. The molecule has 14 heavy (non-hydrogen) atoms. The van der Waals surface area contributed by atoms with Gasteiger partial charge in [-0.1, -0.05) is 15.9 Å². The summed E-state index contributed by atoms with van der Waals surface area (Å²) in [7, 11) is 1.38. The minimum absolute atomic E-state index is 0.289. The van der Waals surface area contributed by atoms with E-state index in [1.165, 1.54) is 7.11 Å². The van der Waals surface area contributed by atoms with Gasteiger partial charge in [-0.15, -0.1) is 0 Å². The summed E-state index contributed by atoms with van der Waals surface area (Å²) in [5, 5.41) is 0. The van der Waals surface area contributed by atoms with Gasteiger partial charge in [0.05, 0.1) is 12.8 Å². The predicted molar refractivity (Wildman–Crippen MR) is 57.0 cm³/mol. The van der Waals surface area contributed by atoms with E-state index in [1.807, 2.05) is 12.1 Å². The second kappa shape index (κ2) is 4.09. The maximum atomic E-state index is 11.5. The first kappa shape index (κ1) is 11.2. The van der Waals surface area contributed by atoms with Crippen LogP contribution in [0.1, 0.15) is 19.5 Å². The van der Waals surface area contributed by atoms with Gasteiger partial charge in [-0.3, -0.25) is 9.78 Å². The first-order chi connectivity index (χ1) is 6.48. The van der Waals surface area contributed by atoms with Gasteiger partial charge in [0.25, 0.3) is 0 Å². The van der Waals surface area contributed by atoms with Crippen molar-refractivity contribution in [2.24, 2.45) is 0 Å². The minimum Gasteiger partial charge on any atom is -0.468 e. The fraction of sp³-hybridized carbons (Fsp3) is 0.400. The lowest BCUT2D eigenvalue weighted by atomic mass is 9.89. The largest absolute Gasteiger partial charge is 0.468 e. The highest BCUT2D eigenvalue weighted by atomic mass is 79.9. The number of hydrogen-bond acceptors (Lipinski definition) is 3. The number of pyridine rings is 1. The van der Waals surface area contributed by atoms with Crippen LogP contribution in [0.3, 0.4) is 0 Å². The van der Waals surface area contributed by atoms with Crippen molar-refractivity contribution in [3.05, 3.63) is 28.5 Å². The molecular weight excluding hydrogens is 246 g/mol. The lowest BCUT2D eigenvalue weighted by Crippen LogP contribution is -2.31. The third-order valence-corrected chi connectivity index (χ3v) is 2.55. The average Bonchev–Trinajstić information content (AvgIpc) is 2.16. The Balaban J connectivity index is 3.09. The summed E-state index contributed by atoms with van der Waals surface area (Å²) in [4.78, 5) is 15.6. The molecule has 1 aromatic rings. The molecule has 0 N–H and O–H groups in total. The van der Waals surface area contributed by atoms with Gasteiger partial charge >= 0.3 is 5.97 Å². The molecule has 0 aliphatic carbocycles. The molecule has 3 nitrogen and oxygen atoms in total. The van der Waals surface area contributed by atoms with Crippen molar-refractivity contribution in [2.75, 3.05) is 7.11 Å². The van der Waals surface area contributed by atoms with Crippen molar-refractivity contribution in [2.45, 2.75) is 19.3 Å². The van der Waals surface area contributed by atoms with Crippen LogP contribution >= 0.6 is 15.9 Å². The van der Waals surface area contributed by atoms with Crippen LogP contribution in [0.5, 0.6) is 0 Å². The van der Waals surface area contributed by atoms with Gasteiger partial charge in [0.1, 0.15) is 5.41 Å². The normalized spacial score (nSPS) is 11.1. The van der Waals surface area contributed by atoms with Crippen LogP contribution in [0.4, 0.5) is 0 Å². The van der Waals surface area contributed by atoms with Gasteiger partial charge in [-0.2, -0.15) is 0 Å². The smallest absolute Gasteiger partial charge is 0.317 e. The summed E-state index contributed by atoms with van der Waals surface area (Å²) in [6, 6.07) is 3.63. The number of ether oxygens (including phenoxy) is 1. The van der Waals surface area contributed by atoms with Crippen LogP contribution in [-0.2, 0) is 14.9 Å². The highest BCUT2D eigenvalue weighted by Gasteiger charge is 2.32. The van der Waals surface area contributed by atoms with E-state index < -0.39 is 5.41 Å². The molecule has 0 radical (unpaired) electrons. The zero-order valence-corrected chi connectivity index (χ0v) is 9.96. The Hall–Kier alpha value is -0.900. The zero-order valence-electron chi connectivity index (χ0n) is 8.37. The fourth-order valence-electron chi connectivity index (χ4n) is 1.11. The van der Waals surface area contributed by atoms with Crippen LogP contribution in [0.15, 0.2) is 22.8 Å². The van der Waals surface area contributed by atoms with E-state index in [1.54, 1.807) is 20.0 Å². The standard InChI is InChI=1S/C10H12BrNO2/c1-10(2,9(13)14-3)8-6-7(11)4-5-12-8/h4-6H,1-3H3. The van der Waals surface area contributed by atoms with E-state index in [-0.39, 0.29) is 5.97 Å². The van der Waals surface area contributed by atoms with Crippen LogP contribution in [0.25, 0.3) is 0 Å². The molecule has 0 aliphatic rings. The van der Waals surface area contributed by atoms with Crippen molar-refractivity contribution in [1.29, 1.82) is 0 Å². The molecule has 0 saturated heterocycles. The molecule has 76 valence electrons. The lowest BCUT2D eigenvalue weighted by Gasteiger charge is -2.20. The van der Waals surface area contributed by atoms with Crippen LogP contribution in [-0.4, -0.2) is 18.1 Å². The molecule has 0 unspecified atom stereocenters. The Kier molecular flexibility index (Phi) is 3.26. The van der Waals surface area contributed by atoms with E-state index >= 15 is 0 Å². The van der Waals surface area contributed by atoms with Crippen LogP contribution in [0.2, 0.25) is 0 Å². The Labute approximate surface area is 91.6 Å². The van der Waals surface area contributed by atoms with Gasteiger partial charge in [-0.05, 0) is 26.0 Å². The van der Waals surface area contributed by atoms with Crippen molar-refractivity contribution in [3.63, 3.8) is 0 Å². The summed E-state index contributed by atoms with van der Waals surface area (Å²) in [5.74, 6) is -0.289. The highest BCUT2D eigenvalue weighted by molar-refractivity contribution is 9.10. The summed E-state index contributed by atoms with van der Waals surface area (Å²) in [5.41, 5.74) is -0.0165. The molecule has 0 saturated carbocycles. The van der Waals surface area contributed by atoms with Crippen molar-refractivity contribution >= 4 is 21.9 Å². The van der Waals surface area contributed by atoms with E-state index in [4.69, 9.17) is 4.74 Å². The number of nitrogens with zero attached hydrogens (tertiary/aromatic N) is 1. The minimum atomic E-state index is -0.710. The topological polar surface area (TPSA) is 39.2 Å². The van der Waals surface area contributed by atoms with Crippen LogP contribution in [0, 0.1) is 0 Å². The second-order valence-corrected chi connectivity index (χ2v) is 4.39. The molecule has 0 aromatic carbocycles. The molecular formula is C10H12BrNO2. The Morgan fingerprint density at radius 3 is 2.71 bits per heavy atom. The predicted octanol–water partition coefficient (Wildman–Crippen LogP) is 2.29. The third-order valence-electron chi connectivity index (χ3n) is 2.06. The summed E-state index contributed by atoms with van der Waals surface area (Å²) < 4.78 is 5.62. The number of aromatic nitrogens is 1. The van der Waals surface area contributed by atoms with E-state index in [0.717, 1.165) is 4.47 Å². The molecule has 4 heteroatoms. The van der Waals surface area contributed by atoms with Gasteiger partial charge in [0.2, 0.25) is 0 Å². The van der Waals surface area contributed by atoms with Gasteiger partial charge in [-0.25, -0.2) is 0 Å². The van der Waals surface area contributed by atoms with Crippen molar-refractivity contribution < 1.29 is 9.53 Å². The Bertz CT molecular complexity index is 350. The zero-order chi connectivity index (χ0) is 10.8. The van der Waals surface area contributed by atoms with E-state index in [2.05, 4.69) is 20.9 Å². The first-order valence-electron chi connectivity index (χ1n) is 4.19. The fourth-order valence-corrected chi connectivity index (χ4v) is 1.44. The monoisotopic (exact) mass is 257 g/mol. The highest BCUT2D eigenvalue weighted by Crippen LogP contribution is 2.24. The number of carbonyl (C=O) groups is 1. The molecule has 1 rings (SSSR count). The van der Waals surface area contributed by atoms with Crippen molar-refractivity contribution in [3.8, 4) is 0 Å². The molecule has 0 bridgehead atoms. The number of halogens is 1. The summed E-state index contributed by atoms with van der Waals surface area (Å²) in [6.07, 6.45) is 1.66. The summed E-state index contributed by atoms with van der Waals surface area (Å²) >= 11 is 3.33. The number of hydrogen-bond donors (Lipinski definition) is 0. The number of methoxy groups -OCH3 is 1. The molecule has 0 atom stereocenters. The molecule has 0 fully saturated rings. The van der Waals surface area contributed by atoms with Crippen molar-refractivity contribution in [1.82, 2.24) is 4.98 Å². The van der Waals surface area contributed by atoms with E-state index in [0.29, 0.717) is 5.69 Å². The SMILES string of the molecule is COC(=O)C(C)(C)c1cc(Br)ccn1. The van der Waals surface area contributed by atoms with Gasteiger partial charge < -0.3 is 4.74 Å². The van der Waals surface area contributed by atoms with E-state index in [9.17, 15) is 4.79 Å². The average molecular weight is 258 g/mol. The molecule has 0 spiro atoms. The van der Waals surface area contributed by atoms with Gasteiger partial charge in [0.15, 0.2) is 0 Å². The number of rotatable bonds is 2. The third kappa shape index (κ3) is 2.12. The molecule has 0 aliphatic heterocycles. The maximum absolute atomic E-state index is 11.5. The second-order valence-electron chi connectivity index (χ2n) is 3.48. The van der Waals surface area contributed by atoms with Gasteiger partial charge in [0, 0.05) is 10.7 Å². The summed E-state index contributed by atoms with van der Waals surface area (Å²) in [6.45, 7) is 3.57. The lowest BCUT2D eigenvalue weighted by molar-refractivity contribution is -0.146. The van der Waals surface area contributed by atoms with Crippen LogP contribution < -0.4 is 0 Å². The molecule has 0 amide bonds.